The van der Waals surface area contributed by atoms with Crippen molar-refractivity contribution in [3.05, 3.63) is 35.4 Å². The zero-order valence-corrected chi connectivity index (χ0v) is 10.1. The van der Waals surface area contributed by atoms with Gasteiger partial charge in [-0.2, -0.15) is 0 Å². The van der Waals surface area contributed by atoms with Gasteiger partial charge >= 0.3 is 0 Å². The van der Waals surface area contributed by atoms with Crippen molar-refractivity contribution in [1.82, 2.24) is 4.90 Å². The normalized spacial score (nSPS) is 18.8. The van der Waals surface area contributed by atoms with Crippen molar-refractivity contribution >= 4 is 0 Å². The highest BCUT2D eigenvalue weighted by molar-refractivity contribution is 5.20. The lowest BCUT2D eigenvalue weighted by Gasteiger charge is -2.27. The fourth-order valence-electron chi connectivity index (χ4n) is 2.06. The number of benzene rings is 1. The third kappa shape index (κ3) is 3.73. The molecule has 1 atom stereocenters. The first-order chi connectivity index (χ1) is 8.65. The fraction of sp³-hybridized carbons (Fsp3) is 0.538. The molecular formula is C13H17F2NO2. The molecule has 5 heteroatoms. The van der Waals surface area contributed by atoms with E-state index in [2.05, 4.69) is 4.90 Å². The number of aliphatic hydroxyl groups excluding tert-OH is 1. The minimum atomic E-state index is -0.835. The van der Waals surface area contributed by atoms with Gasteiger partial charge in [0.1, 0.15) is 11.6 Å². The average molecular weight is 257 g/mol. The zero-order valence-electron chi connectivity index (χ0n) is 10.1. The summed E-state index contributed by atoms with van der Waals surface area (Å²) in [6.45, 7) is 3.77. The lowest BCUT2D eigenvalue weighted by atomic mass is 10.1. The number of halogens is 2. The standard InChI is InChI=1S/C13H17F2NO2/c14-11-7-10(8-12(15)9-11)13(17)1-2-16-3-5-18-6-4-16/h7-9,13,17H,1-6H2. The van der Waals surface area contributed by atoms with E-state index in [-0.39, 0.29) is 0 Å². The summed E-state index contributed by atoms with van der Waals surface area (Å²) in [6.07, 6.45) is -0.374. The molecule has 1 N–H and O–H groups in total. The van der Waals surface area contributed by atoms with E-state index in [4.69, 9.17) is 4.74 Å². The number of hydrogen-bond acceptors (Lipinski definition) is 3. The van der Waals surface area contributed by atoms with E-state index >= 15 is 0 Å². The monoisotopic (exact) mass is 257 g/mol. The Morgan fingerprint density at radius 3 is 2.39 bits per heavy atom. The number of nitrogens with zero attached hydrogens (tertiary/aromatic N) is 1. The Hall–Kier alpha value is -1.04. The maximum Gasteiger partial charge on any atom is 0.126 e. The summed E-state index contributed by atoms with van der Waals surface area (Å²) >= 11 is 0. The Bertz CT molecular complexity index is 374. The van der Waals surface area contributed by atoms with Crippen molar-refractivity contribution in [2.24, 2.45) is 0 Å². The highest BCUT2D eigenvalue weighted by Gasteiger charge is 2.14. The van der Waals surface area contributed by atoms with Crippen LogP contribution in [0.5, 0.6) is 0 Å². The highest BCUT2D eigenvalue weighted by atomic mass is 19.1. The van der Waals surface area contributed by atoms with Crippen molar-refractivity contribution < 1.29 is 18.6 Å². The first kappa shape index (κ1) is 13.4. The van der Waals surface area contributed by atoms with E-state index in [1.807, 2.05) is 0 Å². The molecule has 0 aliphatic carbocycles. The van der Waals surface area contributed by atoms with Crippen LogP contribution in [-0.2, 0) is 4.74 Å². The number of morpholine rings is 1. The quantitative estimate of drug-likeness (QED) is 0.891. The first-order valence-corrected chi connectivity index (χ1v) is 6.09. The van der Waals surface area contributed by atoms with Crippen LogP contribution in [0.4, 0.5) is 8.78 Å². The Morgan fingerprint density at radius 2 is 1.78 bits per heavy atom. The molecule has 1 aliphatic rings. The molecule has 1 aromatic rings. The molecule has 1 unspecified atom stereocenters. The van der Waals surface area contributed by atoms with Crippen LogP contribution in [0.1, 0.15) is 18.1 Å². The summed E-state index contributed by atoms with van der Waals surface area (Å²) in [6, 6.07) is 3.15. The molecule has 1 heterocycles. The fourth-order valence-corrected chi connectivity index (χ4v) is 2.06. The molecule has 2 rings (SSSR count). The van der Waals surface area contributed by atoms with Gasteiger partial charge in [0.2, 0.25) is 0 Å². The lowest BCUT2D eigenvalue weighted by molar-refractivity contribution is 0.0300. The average Bonchev–Trinajstić information content (AvgIpc) is 2.36. The van der Waals surface area contributed by atoms with Crippen LogP contribution in [0.25, 0.3) is 0 Å². The maximum atomic E-state index is 13.0. The number of rotatable bonds is 4. The summed E-state index contributed by atoms with van der Waals surface area (Å²) in [5.41, 5.74) is 0.292. The van der Waals surface area contributed by atoms with E-state index in [9.17, 15) is 13.9 Å². The summed E-state index contributed by atoms with van der Waals surface area (Å²) in [5, 5.41) is 9.91. The molecule has 0 saturated carbocycles. The van der Waals surface area contributed by atoms with Crippen LogP contribution < -0.4 is 0 Å². The van der Waals surface area contributed by atoms with Crippen molar-refractivity contribution in [2.45, 2.75) is 12.5 Å². The molecule has 1 fully saturated rings. The van der Waals surface area contributed by atoms with E-state index < -0.39 is 17.7 Å². The third-order valence-electron chi connectivity index (χ3n) is 3.09. The molecule has 1 aromatic carbocycles. The van der Waals surface area contributed by atoms with Crippen LogP contribution in [0.15, 0.2) is 18.2 Å². The van der Waals surface area contributed by atoms with E-state index in [0.29, 0.717) is 31.7 Å². The molecule has 100 valence electrons. The highest BCUT2D eigenvalue weighted by Crippen LogP contribution is 2.19. The van der Waals surface area contributed by atoms with Crippen LogP contribution in [0, 0.1) is 11.6 Å². The number of ether oxygens (including phenoxy) is 1. The Balaban J connectivity index is 1.88. The summed E-state index contributed by atoms with van der Waals surface area (Å²) in [7, 11) is 0. The van der Waals surface area contributed by atoms with Gasteiger partial charge in [0, 0.05) is 25.7 Å². The van der Waals surface area contributed by atoms with Crippen LogP contribution in [-0.4, -0.2) is 42.9 Å². The van der Waals surface area contributed by atoms with Gasteiger partial charge in [0.05, 0.1) is 19.3 Å². The Morgan fingerprint density at radius 1 is 1.17 bits per heavy atom. The third-order valence-corrected chi connectivity index (χ3v) is 3.09. The molecule has 0 spiro atoms. The molecule has 1 aliphatic heterocycles. The van der Waals surface area contributed by atoms with Gasteiger partial charge in [-0.3, -0.25) is 4.90 Å². The molecule has 0 aromatic heterocycles. The SMILES string of the molecule is OC(CCN1CCOCC1)c1cc(F)cc(F)c1. The van der Waals surface area contributed by atoms with Gasteiger partial charge in [-0.05, 0) is 24.1 Å². The molecule has 3 nitrogen and oxygen atoms in total. The number of aliphatic hydroxyl groups is 1. The van der Waals surface area contributed by atoms with Crippen LogP contribution in [0.2, 0.25) is 0 Å². The Labute approximate surface area is 105 Å². The van der Waals surface area contributed by atoms with Crippen LogP contribution in [0.3, 0.4) is 0 Å². The molecule has 18 heavy (non-hydrogen) atoms. The topological polar surface area (TPSA) is 32.7 Å². The summed E-state index contributed by atoms with van der Waals surface area (Å²) in [4.78, 5) is 2.17. The van der Waals surface area contributed by atoms with Crippen molar-refractivity contribution in [3.63, 3.8) is 0 Å². The first-order valence-electron chi connectivity index (χ1n) is 6.09. The summed E-state index contributed by atoms with van der Waals surface area (Å²) in [5.74, 6) is -1.31. The molecule has 0 bridgehead atoms. The van der Waals surface area contributed by atoms with E-state index in [1.54, 1.807) is 0 Å². The predicted molar refractivity (Wildman–Crippen MR) is 63.2 cm³/mol. The van der Waals surface area contributed by atoms with Gasteiger partial charge in [-0.15, -0.1) is 0 Å². The molecule has 1 saturated heterocycles. The van der Waals surface area contributed by atoms with Crippen molar-refractivity contribution in [1.29, 1.82) is 0 Å². The van der Waals surface area contributed by atoms with Crippen molar-refractivity contribution in [2.75, 3.05) is 32.8 Å². The lowest BCUT2D eigenvalue weighted by Crippen LogP contribution is -2.37. The van der Waals surface area contributed by atoms with Crippen molar-refractivity contribution in [3.8, 4) is 0 Å². The van der Waals surface area contributed by atoms with E-state index in [1.165, 1.54) is 12.1 Å². The van der Waals surface area contributed by atoms with E-state index in [0.717, 1.165) is 19.2 Å². The minimum absolute atomic E-state index is 0.292. The maximum absolute atomic E-state index is 13.0. The molecule has 0 radical (unpaired) electrons. The van der Waals surface area contributed by atoms with Crippen LogP contribution >= 0.6 is 0 Å². The summed E-state index contributed by atoms with van der Waals surface area (Å²) < 4.78 is 31.2. The second kappa shape index (κ2) is 6.22. The van der Waals surface area contributed by atoms with Gasteiger partial charge in [0.25, 0.3) is 0 Å². The Kier molecular flexibility index (Phi) is 4.63. The second-order valence-corrected chi connectivity index (χ2v) is 4.46. The number of hydrogen-bond donors (Lipinski definition) is 1. The van der Waals surface area contributed by atoms with Gasteiger partial charge in [0.15, 0.2) is 0 Å². The van der Waals surface area contributed by atoms with Gasteiger partial charge in [-0.25, -0.2) is 8.78 Å². The predicted octanol–water partition coefficient (Wildman–Crippen LogP) is 1.72. The largest absolute Gasteiger partial charge is 0.388 e. The smallest absolute Gasteiger partial charge is 0.126 e. The zero-order chi connectivity index (χ0) is 13.0. The minimum Gasteiger partial charge on any atom is -0.388 e. The second-order valence-electron chi connectivity index (χ2n) is 4.46. The molecule has 0 amide bonds. The van der Waals surface area contributed by atoms with Gasteiger partial charge in [-0.1, -0.05) is 0 Å². The molecular weight excluding hydrogens is 240 g/mol. The van der Waals surface area contributed by atoms with Gasteiger partial charge < -0.3 is 9.84 Å².